The molecule has 0 unspecified atom stereocenters. The molecule has 1 aliphatic heterocycles. The van der Waals surface area contributed by atoms with Crippen LogP contribution in [0.3, 0.4) is 0 Å². The van der Waals surface area contributed by atoms with E-state index in [4.69, 9.17) is 14.2 Å². The molecule has 1 saturated heterocycles. The van der Waals surface area contributed by atoms with E-state index in [2.05, 4.69) is 0 Å². The van der Waals surface area contributed by atoms with Gasteiger partial charge in [-0.2, -0.15) is 0 Å². The number of halogens is 1. The number of fused-ring (bicyclic) bond motifs is 1. The van der Waals surface area contributed by atoms with E-state index >= 15 is 4.39 Å². The lowest BCUT2D eigenvalue weighted by atomic mass is 9.85. The SMILES string of the molecule is COC1(c2cccc(OCc3ccc4c(c3)n(C)c(=O)n4C)c2F)CCOCC1. The van der Waals surface area contributed by atoms with Crippen molar-refractivity contribution in [2.75, 3.05) is 20.3 Å². The molecule has 1 aromatic heterocycles. The van der Waals surface area contributed by atoms with E-state index in [1.807, 2.05) is 18.2 Å². The van der Waals surface area contributed by atoms with Gasteiger partial charge in [0.15, 0.2) is 11.6 Å². The third-order valence-electron chi connectivity index (χ3n) is 5.88. The Hall–Kier alpha value is -2.64. The second-order valence-corrected chi connectivity index (χ2v) is 7.44. The van der Waals surface area contributed by atoms with Gasteiger partial charge in [0.2, 0.25) is 0 Å². The third-order valence-corrected chi connectivity index (χ3v) is 5.88. The topological polar surface area (TPSA) is 54.6 Å². The van der Waals surface area contributed by atoms with Crippen LogP contribution in [0.15, 0.2) is 41.2 Å². The van der Waals surface area contributed by atoms with E-state index in [1.54, 1.807) is 48.5 Å². The second kappa shape index (κ2) is 7.65. The van der Waals surface area contributed by atoms with Crippen molar-refractivity contribution in [1.29, 1.82) is 0 Å². The number of rotatable bonds is 5. The standard InChI is InChI=1S/C22H25FN2O4/c1-24-17-8-7-15(13-18(17)25(2)21(24)26)14-29-19-6-4-5-16(20(19)23)22(27-3)9-11-28-12-10-22/h4-8,13H,9-12,14H2,1-3H3. The smallest absolute Gasteiger partial charge is 0.328 e. The average Bonchev–Trinajstić information content (AvgIpc) is 2.97. The van der Waals surface area contributed by atoms with Crippen LogP contribution < -0.4 is 10.4 Å². The summed E-state index contributed by atoms with van der Waals surface area (Å²) in [6.45, 7) is 1.27. The van der Waals surface area contributed by atoms with E-state index in [-0.39, 0.29) is 18.0 Å². The fourth-order valence-electron chi connectivity index (χ4n) is 4.06. The lowest BCUT2D eigenvalue weighted by Gasteiger charge is -2.36. The molecular weight excluding hydrogens is 375 g/mol. The van der Waals surface area contributed by atoms with Crippen LogP contribution in [0.1, 0.15) is 24.0 Å². The number of methoxy groups -OCH3 is 1. The molecule has 29 heavy (non-hydrogen) atoms. The first-order valence-electron chi connectivity index (χ1n) is 9.66. The van der Waals surface area contributed by atoms with E-state index in [9.17, 15) is 4.79 Å². The summed E-state index contributed by atoms with van der Waals surface area (Å²) in [7, 11) is 5.08. The quantitative estimate of drug-likeness (QED) is 0.660. The molecule has 0 aliphatic carbocycles. The molecule has 7 heteroatoms. The number of nitrogens with zero attached hydrogens (tertiary/aromatic N) is 2. The van der Waals surface area contributed by atoms with Gasteiger partial charge in [-0.3, -0.25) is 9.13 Å². The summed E-state index contributed by atoms with van der Waals surface area (Å²) in [5, 5.41) is 0. The summed E-state index contributed by atoms with van der Waals surface area (Å²) in [5.41, 5.74) is 2.24. The molecule has 0 bridgehead atoms. The van der Waals surface area contributed by atoms with E-state index in [0.717, 1.165) is 16.6 Å². The van der Waals surface area contributed by atoms with Gasteiger partial charge in [-0.1, -0.05) is 18.2 Å². The Labute approximate surface area is 168 Å². The van der Waals surface area contributed by atoms with Crippen molar-refractivity contribution in [3.63, 3.8) is 0 Å². The molecule has 154 valence electrons. The summed E-state index contributed by atoms with van der Waals surface area (Å²) in [6.07, 6.45) is 1.20. The van der Waals surface area contributed by atoms with Crippen LogP contribution in [0, 0.1) is 5.82 Å². The van der Waals surface area contributed by atoms with Crippen molar-refractivity contribution in [3.8, 4) is 5.75 Å². The molecule has 0 atom stereocenters. The number of ether oxygens (including phenoxy) is 3. The third kappa shape index (κ3) is 3.34. The van der Waals surface area contributed by atoms with Gasteiger partial charge < -0.3 is 14.2 Å². The zero-order chi connectivity index (χ0) is 20.6. The molecule has 2 aromatic carbocycles. The Bertz CT molecular complexity index is 1100. The summed E-state index contributed by atoms with van der Waals surface area (Å²) in [6, 6.07) is 10.8. The van der Waals surface area contributed by atoms with Crippen molar-refractivity contribution < 1.29 is 18.6 Å². The molecule has 0 radical (unpaired) electrons. The predicted octanol–water partition coefficient (Wildman–Crippen LogP) is 3.25. The fraction of sp³-hybridized carbons (Fsp3) is 0.409. The van der Waals surface area contributed by atoms with Gasteiger partial charge in [0.05, 0.1) is 11.0 Å². The highest BCUT2D eigenvalue weighted by Gasteiger charge is 2.37. The summed E-state index contributed by atoms with van der Waals surface area (Å²) in [5.74, 6) is -0.211. The van der Waals surface area contributed by atoms with Crippen LogP contribution >= 0.6 is 0 Å². The molecule has 4 rings (SSSR count). The Morgan fingerprint density at radius 2 is 1.83 bits per heavy atom. The minimum atomic E-state index is -0.692. The number of imidazole rings is 1. The van der Waals surface area contributed by atoms with Crippen LogP contribution in [0.2, 0.25) is 0 Å². The van der Waals surface area contributed by atoms with Gasteiger partial charge in [0, 0.05) is 52.8 Å². The van der Waals surface area contributed by atoms with Crippen molar-refractivity contribution in [2.24, 2.45) is 14.1 Å². The summed E-state index contributed by atoms with van der Waals surface area (Å²) in [4.78, 5) is 12.1. The number of benzene rings is 2. The molecule has 6 nitrogen and oxygen atoms in total. The number of hydrogen-bond donors (Lipinski definition) is 0. The maximum atomic E-state index is 15.3. The average molecular weight is 400 g/mol. The predicted molar refractivity (Wildman–Crippen MR) is 108 cm³/mol. The molecule has 0 saturated carbocycles. The summed E-state index contributed by atoms with van der Waals surface area (Å²) >= 11 is 0. The first-order valence-corrected chi connectivity index (χ1v) is 9.66. The molecule has 1 aliphatic rings. The monoisotopic (exact) mass is 400 g/mol. The van der Waals surface area contributed by atoms with Crippen molar-refractivity contribution in [3.05, 3.63) is 63.8 Å². The van der Waals surface area contributed by atoms with E-state index in [1.165, 1.54) is 0 Å². The largest absolute Gasteiger partial charge is 0.486 e. The molecule has 0 spiro atoms. The number of hydrogen-bond acceptors (Lipinski definition) is 4. The van der Waals surface area contributed by atoms with Crippen molar-refractivity contribution in [2.45, 2.75) is 25.0 Å². The minimum absolute atomic E-state index is 0.0851. The van der Waals surface area contributed by atoms with Gasteiger partial charge in [-0.05, 0) is 23.8 Å². The fourth-order valence-corrected chi connectivity index (χ4v) is 4.06. The highest BCUT2D eigenvalue weighted by molar-refractivity contribution is 5.76. The molecule has 0 N–H and O–H groups in total. The maximum Gasteiger partial charge on any atom is 0.328 e. The van der Waals surface area contributed by atoms with Crippen molar-refractivity contribution in [1.82, 2.24) is 9.13 Å². The Morgan fingerprint density at radius 1 is 1.10 bits per heavy atom. The van der Waals surface area contributed by atoms with Crippen LogP contribution in [-0.4, -0.2) is 29.5 Å². The van der Waals surface area contributed by atoms with E-state index < -0.39 is 11.4 Å². The minimum Gasteiger partial charge on any atom is -0.486 e. The van der Waals surface area contributed by atoms with Gasteiger partial charge in [0.1, 0.15) is 12.2 Å². The Balaban J connectivity index is 1.60. The maximum absolute atomic E-state index is 15.3. The lowest BCUT2D eigenvalue weighted by Crippen LogP contribution is -2.36. The zero-order valence-electron chi connectivity index (χ0n) is 16.9. The van der Waals surface area contributed by atoms with Crippen LogP contribution in [0.4, 0.5) is 4.39 Å². The van der Waals surface area contributed by atoms with Gasteiger partial charge in [0.25, 0.3) is 0 Å². The Morgan fingerprint density at radius 3 is 2.55 bits per heavy atom. The molecular formula is C22H25FN2O4. The number of aryl methyl sites for hydroxylation is 2. The molecule has 0 amide bonds. The normalized spacial score (nSPS) is 16.3. The molecule has 2 heterocycles. The molecule has 1 fully saturated rings. The summed E-state index contributed by atoms with van der Waals surface area (Å²) < 4.78 is 35.4. The van der Waals surface area contributed by atoms with Gasteiger partial charge in [-0.15, -0.1) is 0 Å². The van der Waals surface area contributed by atoms with Gasteiger partial charge in [-0.25, -0.2) is 9.18 Å². The van der Waals surface area contributed by atoms with Crippen LogP contribution in [0.25, 0.3) is 11.0 Å². The van der Waals surface area contributed by atoms with Gasteiger partial charge >= 0.3 is 5.69 Å². The van der Waals surface area contributed by atoms with Crippen LogP contribution in [0.5, 0.6) is 5.75 Å². The highest BCUT2D eigenvalue weighted by Crippen LogP contribution is 2.39. The van der Waals surface area contributed by atoms with Crippen LogP contribution in [-0.2, 0) is 35.8 Å². The first-order chi connectivity index (χ1) is 14.0. The second-order valence-electron chi connectivity index (χ2n) is 7.44. The Kier molecular flexibility index (Phi) is 5.19. The first kappa shape index (κ1) is 19.7. The van der Waals surface area contributed by atoms with E-state index in [0.29, 0.717) is 31.6 Å². The zero-order valence-corrected chi connectivity index (χ0v) is 16.9. The number of aromatic nitrogens is 2. The van der Waals surface area contributed by atoms with Crippen molar-refractivity contribution >= 4 is 11.0 Å². The lowest BCUT2D eigenvalue weighted by molar-refractivity contribution is -0.0967. The highest BCUT2D eigenvalue weighted by atomic mass is 19.1. The molecule has 3 aromatic rings.